The van der Waals surface area contributed by atoms with Crippen molar-refractivity contribution in [3.8, 4) is 11.5 Å². The standard InChI is InChI=1S/C17H16N2O3.C15H14N2O3.C2H4Br2.CH2O3.2K.H/c1-9-6-13(20)18(3)15-11(9)8-12-10(2)7-14(21)19-4-5-22-17(15)16(12)19;1-7-4-11(18)16-13-9(7)6-10-8(2)5-12(19)17(3)14(10)15(13)20;3-1-2-4;2-1-4-3;;;/h6-8H,4-5H2,1-3H3;4-6,20H,1-3H3,(H,16,18);1-2H2;1,3H;;;/q;;;;2*+1;-1/p-1. The fourth-order valence-corrected chi connectivity index (χ4v) is 6.00. The van der Waals surface area contributed by atoms with Crippen molar-refractivity contribution in [1.29, 1.82) is 0 Å². The molecule has 2 aromatic carbocycles. The molecule has 0 radical (unpaired) electrons. The van der Waals surface area contributed by atoms with E-state index in [0.717, 1.165) is 65.5 Å². The molecule has 2 N–H and O–H groups in total. The van der Waals surface area contributed by atoms with E-state index < -0.39 is 0 Å². The van der Waals surface area contributed by atoms with E-state index in [1.54, 1.807) is 35.4 Å². The van der Waals surface area contributed by atoms with Crippen LogP contribution < -0.4 is 135 Å². The molecule has 4 aromatic heterocycles. The maximum Gasteiger partial charge on any atom is 1.00 e. The molecule has 6 aromatic rings. The van der Waals surface area contributed by atoms with Crippen molar-refractivity contribution in [2.24, 2.45) is 14.1 Å². The third-order valence-corrected chi connectivity index (χ3v) is 10.2. The van der Waals surface area contributed by atoms with E-state index in [1.807, 2.05) is 33.8 Å². The first-order valence-corrected chi connectivity index (χ1v) is 17.5. The SMILES string of the molecule is BrCCBr.Cc1cc(=O)[nH]c2c(O)c3c(cc12)c(C)cc(=O)n3C.Cc1cc(=O)n(C)c2c3c4c(cc12)c(C)cc(=O)n4CCO3.O=CO[O-].[H-].[K+].[K+]. The first-order valence-electron chi connectivity index (χ1n) is 15.2. The number of carbonyl (C=O) groups excluding carboxylic acids is 1. The first kappa shape index (κ1) is 46.7. The summed E-state index contributed by atoms with van der Waals surface area (Å²) < 4.78 is 10.6. The van der Waals surface area contributed by atoms with Gasteiger partial charge in [-0.05, 0) is 62.1 Å². The smallest absolute Gasteiger partial charge is 1.00 e. The van der Waals surface area contributed by atoms with Gasteiger partial charge in [-0.1, -0.05) is 31.9 Å². The molecule has 17 heteroatoms. The number of pyridine rings is 4. The van der Waals surface area contributed by atoms with E-state index in [4.69, 9.17) is 14.8 Å². The number of hydrogen-bond acceptors (Lipinski definition) is 9. The molecule has 5 heterocycles. The number of nitrogens with one attached hydrogen (secondary N) is 1. The Kier molecular flexibility index (Phi) is 18.4. The van der Waals surface area contributed by atoms with Crippen LogP contribution in [0.1, 0.15) is 23.7 Å². The van der Waals surface area contributed by atoms with Crippen LogP contribution in [0.25, 0.3) is 43.6 Å². The molecule has 52 heavy (non-hydrogen) atoms. The normalized spacial score (nSPS) is 11.1. The summed E-state index contributed by atoms with van der Waals surface area (Å²) in [5.74, 6) is 0.574. The van der Waals surface area contributed by atoms with Crippen LogP contribution in [0, 0.1) is 27.7 Å². The number of H-pyrrole nitrogens is 1. The molecule has 0 unspecified atom stereocenters. The average molecular weight is 895 g/mol. The molecule has 0 saturated carbocycles. The first-order chi connectivity index (χ1) is 23.7. The number of nitrogens with zero attached hydrogens (tertiary/aromatic N) is 3. The molecule has 0 amide bonds. The summed E-state index contributed by atoms with van der Waals surface area (Å²) in [6, 6.07) is 10.3. The zero-order chi connectivity index (χ0) is 37.0. The summed E-state index contributed by atoms with van der Waals surface area (Å²) >= 11 is 6.40. The number of aryl methyl sites for hydroxylation is 6. The third kappa shape index (κ3) is 9.67. The minimum Gasteiger partial charge on any atom is -1.00 e. The van der Waals surface area contributed by atoms with Crippen molar-refractivity contribution in [3.05, 3.63) is 100 Å². The van der Waals surface area contributed by atoms with Gasteiger partial charge in [-0.3, -0.25) is 24.0 Å². The van der Waals surface area contributed by atoms with Crippen LogP contribution >= 0.6 is 31.9 Å². The van der Waals surface area contributed by atoms with Crippen molar-refractivity contribution in [2.45, 2.75) is 34.2 Å². The Bertz CT molecular complexity index is 2510. The summed E-state index contributed by atoms with van der Waals surface area (Å²) in [4.78, 5) is 61.7. The van der Waals surface area contributed by atoms with Crippen molar-refractivity contribution >= 4 is 81.9 Å². The quantitative estimate of drug-likeness (QED) is 0.0493. The van der Waals surface area contributed by atoms with Crippen LogP contribution in [0.15, 0.2) is 55.6 Å². The topological polar surface area (TPSA) is 178 Å². The number of halogens is 2. The van der Waals surface area contributed by atoms with E-state index in [2.05, 4.69) is 47.8 Å². The second kappa shape index (κ2) is 20.5. The Morgan fingerprint density at radius 2 is 1.23 bits per heavy atom. The van der Waals surface area contributed by atoms with E-state index in [1.165, 1.54) is 16.7 Å². The van der Waals surface area contributed by atoms with Crippen LogP contribution in [-0.4, -0.2) is 47.5 Å². The van der Waals surface area contributed by atoms with E-state index >= 15 is 0 Å². The van der Waals surface area contributed by atoms with Gasteiger partial charge in [0.25, 0.3) is 23.2 Å². The van der Waals surface area contributed by atoms with Crippen molar-refractivity contribution in [2.75, 3.05) is 17.3 Å². The second-order valence-corrected chi connectivity index (χ2v) is 13.1. The van der Waals surface area contributed by atoms with Crippen LogP contribution in [0.5, 0.6) is 11.5 Å². The molecule has 266 valence electrons. The molecule has 0 fully saturated rings. The van der Waals surface area contributed by atoms with Crippen molar-refractivity contribution < 1.29 is 129 Å². The largest absolute Gasteiger partial charge is 1.00 e. The summed E-state index contributed by atoms with van der Waals surface area (Å²) in [5, 5.41) is 24.5. The van der Waals surface area contributed by atoms with Crippen LogP contribution in [0.3, 0.4) is 0 Å². The summed E-state index contributed by atoms with van der Waals surface area (Å²) in [5.41, 5.74) is 5.22. The number of aromatic hydroxyl groups is 1. The molecule has 0 aliphatic carbocycles. The zero-order valence-electron chi connectivity index (χ0n) is 31.2. The number of benzene rings is 2. The molecule has 0 saturated heterocycles. The van der Waals surface area contributed by atoms with Gasteiger partial charge in [-0.25, -0.2) is 0 Å². The third-order valence-electron chi connectivity index (χ3n) is 8.36. The van der Waals surface area contributed by atoms with Gasteiger partial charge >= 0.3 is 103 Å². The Morgan fingerprint density at radius 1 is 0.788 bits per heavy atom. The Hall–Kier alpha value is -1.46. The number of aromatic nitrogens is 4. The molecular weight excluding hydrogens is 858 g/mol. The van der Waals surface area contributed by atoms with Gasteiger partial charge in [-0.2, -0.15) is 0 Å². The van der Waals surface area contributed by atoms with E-state index in [9.17, 15) is 24.3 Å². The van der Waals surface area contributed by atoms with Crippen LogP contribution in [-0.2, 0) is 30.3 Å². The number of carbonyl (C=O) groups is 1. The summed E-state index contributed by atoms with van der Waals surface area (Å²) in [6.45, 7) is 8.30. The Labute approximate surface area is 400 Å². The van der Waals surface area contributed by atoms with Gasteiger partial charge in [0.2, 0.25) is 5.56 Å². The number of alkyl halides is 2. The molecule has 0 atom stereocenters. The van der Waals surface area contributed by atoms with Gasteiger partial charge < -0.3 is 40.1 Å². The van der Waals surface area contributed by atoms with E-state index in [0.29, 0.717) is 29.9 Å². The van der Waals surface area contributed by atoms with Crippen molar-refractivity contribution in [1.82, 2.24) is 18.7 Å². The fourth-order valence-electron chi connectivity index (χ4n) is 6.00. The molecule has 1 aliphatic rings. The molecule has 0 spiro atoms. The average Bonchev–Trinajstić information content (AvgIpc) is 3.09. The van der Waals surface area contributed by atoms with Crippen molar-refractivity contribution in [3.63, 3.8) is 0 Å². The maximum absolute atomic E-state index is 12.3. The number of hydrogen-bond donors (Lipinski definition) is 2. The van der Waals surface area contributed by atoms with Gasteiger partial charge in [-0.15, -0.1) is 0 Å². The molecule has 7 rings (SSSR count). The Morgan fingerprint density at radius 3 is 1.75 bits per heavy atom. The molecule has 1 aliphatic heterocycles. The minimum absolute atomic E-state index is 0. The second-order valence-electron chi connectivity index (χ2n) is 11.5. The monoisotopic (exact) mass is 892 g/mol. The fraction of sp³-hybridized carbons (Fsp3) is 0.286. The van der Waals surface area contributed by atoms with E-state index in [-0.39, 0.29) is 139 Å². The number of phenols is 1. The Balaban J connectivity index is 0.000000423. The van der Waals surface area contributed by atoms with Crippen LogP contribution in [0.4, 0.5) is 0 Å². The summed E-state index contributed by atoms with van der Waals surface area (Å²) in [6.07, 6.45) is 0. The number of fused-ring (bicyclic) bond motifs is 4. The molecular formula is C35H36Br2K2N4O9. The number of ether oxygens (including phenoxy) is 1. The minimum atomic E-state index is -0.276. The number of rotatable bonds is 2. The van der Waals surface area contributed by atoms with Crippen LogP contribution in [0.2, 0.25) is 0 Å². The predicted molar refractivity (Wildman–Crippen MR) is 200 cm³/mol. The zero-order valence-corrected chi connectivity index (χ0v) is 39.6. The van der Waals surface area contributed by atoms with Gasteiger partial charge in [0, 0.05) is 70.6 Å². The van der Waals surface area contributed by atoms with Gasteiger partial charge in [0.15, 0.2) is 11.5 Å². The maximum atomic E-state index is 12.3. The van der Waals surface area contributed by atoms with Gasteiger partial charge in [0.05, 0.1) is 28.6 Å². The molecule has 13 nitrogen and oxygen atoms in total. The van der Waals surface area contributed by atoms with Gasteiger partial charge in [0.1, 0.15) is 6.61 Å². The number of phenolic OH excluding ortho intramolecular Hbond substituents is 1. The number of aromatic amines is 1. The predicted octanol–water partition coefficient (Wildman–Crippen LogP) is -2.10. The molecule has 0 bridgehead atoms. The summed E-state index contributed by atoms with van der Waals surface area (Å²) in [7, 11) is 3.34.